The first-order valence-corrected chi connectivity index (χ1v) is 4.80. The predicted molar refractivity (Wildman–Crippen MR) is 59.6 cm³/mol. The van der Waals surface area contributed by atoms with Crippen LogP contribution in [0.25, 0.3) is 0 Å². The van der Waals surface area contributed by atoms with Crippen molar-refractivity contribution in [2.45, 2.75) is 4.90 Å². The minimum Gasteiger partial charge on any atom is -0.496 e. The van der Waals surface area contributed by atoms with Gasteiger partial charge in [-0.3, -0.25) is 10.1 Å². The van der Waals surface area contributed by atoms with Crippen LogP contribution in [0.1, 0.15) is 0 Å². The Hall–Kier alpha value is -0.500. The van der Waals surface area contributed by atoms with Gasteiger partial charge in [-0.2, -0.15) is 0 Å². The van der Waals surface area contributed by atoms with Gasteiger partial charge in [-0.1, -0.05) is 0 Å². The lowest BCUT2D eigenvalue weighted by atomic mass is 10.3. The third-order valence-electron chi connectivity index (χ3n) is 1.48. The molecule has 1 aromatic carbocycles. The SMILES string of the molecule is COc1ccc([N+](=O)[O-])c(I)c1S. The smallest absolute Gasteiger partial charge is 0.284 e. The molecule has 0 aromatic heterocycles. The monoisotopic (exact) mass is 311 g/mol. The fraction of sp³-hybridized carbons (Fsp3) is 0.143. The average Bonchev–Trinajstić information content (AvgIpc) is 2.09. The van der Waals surface area contributed by atoms with Crippen LogP contribution < -0.4 is 4.74 Å². The Morgan fingerprint density at radius 1 is 1.62 bits per heavy atom. The van der Waals surface area contributed by atoms with Gasteiger partial charge in [-0.25, -0.2) is 0 Å². The molecule has 0 aliphatic rings. The van der Waals surface area contributed by atoms with E-state index in [0.717, 1.165) is 0 Å². The number of methoxy groups -OCH3 is 1. The first-order valence-electron chi connectivity index (χ1n) is 3.27. The molecular formula is C7H6INO3S. The lowest BCUT2D eigenvalue weighted by molar-refractivity contribution is -0.386. The highest BCUT2D eigenvalue weighted by molar-refractivity contribution is 14.1. The summed E-state index contributed by atoms with van der Waals surface area (Å²) >= 11 is 5.99. The summed E-state index contributed by atoms with van der Waals surface area (Å²) in [5.74, 6) is 0.540. The number of hydrogen-bond donors (Lipinski definition) is 1. The van der Waals surface area contributed by atoms with Crippen molar-refractivity contribution < 1.29 is 9.66 Å². The summed E-state index contributed by atoms with van der Waals surface area (Å²) in [5, 5.41) is 10.5. The van der Waals surface area contributed by atoms with Crippen molar-refractivity contribution in [2.24, 2.45) is 0 Å². The van der Waals surface area contributed by atoms with Crippen LogP contribution in [-0.2, 0) is 0 Å². The molecule has 1 aromatic rings. The van der Waals surface area contributed by atoms with Crippen LogP contribution in [0.5, 0.6) is 5.75 Å². The summed E-state index contributed by atoms with van der Waals surface area (Å²) in [7, 11) is 1.50. The highest BCUT2D eigenvalue weighted by Gasteiger charge is 2.16. The molecule has 0 unspecified atom stereocenters. The molecule has 4 nitrogen and oxygen atoms in total. The second kappa shape index (κ2) is 4.14. The number of rotatable bonds is 2. The summed E-state index contributed by atoms with van der Waals surface area (Å²) < 4.78 is 5.45. The molecule has 0 aliphatic carbocycles. The van der Waals surface area contributed by atoms with Crippen molar-refractivity contribution in [1.29, 1.82) is 0 Å². The maximum absolute atomic E-state index is 10.5. The van der Waals surface area contributed by atoms with E-state index in [0.29, 0.717) is 14.2 Å². The zero-order chi connectivity index (χ0) is 10.0. The number of nitro benzene ring substituents is 1. The molecule has 0 bridgehead atoms. The first kappa shape index (κ1) is 10.6. The minimum atomic E-state index is -0.444. The molecule has 0 saturated heterocycles. The second-order valence-electron chi connectivity index (χ2n) is 2.21. The Morgan fingerprint density at radius 2 is 2.23 bits per heavy atom. The third-order valence-corrected chi connectivity index (χ3v) is 3.44. The highest BCUT2D eigenvalue weighted by atomic mass is 127. The van der Waals surface area contributed by atoms with E-state index in [1.807, 2.05) is 22.6 Å². The molecule has 0 saturated carbocycles. The maximum atomic E-state index is 10.5. The molecular weight excluding hydrogens is 305 g/mol. The Morgan fingerprint density at radius 3 is 2.69 bits per heavy atom. The average molecular weight is 311 g/mol. The van der Waals surface area contributed by atoms with E-state index in [1.165, 1.54) is 19.2 Å². The Labute approximate surface area is 94.0 Å². The lowest BCUT2D eigenvalue weighted by Gasteiger charge is -2.04. The molecule has 0 fully saturated rings. The lowest BCUT2D eigenvalue weighted by Crippen LogP contribution is -1.94. The van der Waals surface area contributed by atoms with Gasteiger partial charge in [0.1, 0.15) is 9.32 Å². The molecule has 0 atom stereocenters. The van der Waals surface area contributed by atoms with E-state index in [1.54, 1.807) is 0 Å². The largest absolute Gasteiger partial charge is 0.496 e. The van der Waals surface area contributed by atoms with E-state index >= 15 is 0 Å². The van der Waals surface area contributed by atoms with Gasteiger partial charge in [0.25, 0.3) is 5.69 Å². The van der Waals surface area contributed by atoms with Gasteiger partial charge in [0.15, 0.2) is 0 Å². The molecule has 70 valence electrons. The first-order chi connectivity index (χ1) is 6.07. The number of nitrogens with zero attached hydrogens (tertiary/aromatic N) is 1. The topological polar surface area (TPSA) is 52.4 Å². The fourth-order valence-electron chi connectivity index (χ4n) is 0.842. The Kier molecular flexibility index (Phi) is 3.37. The van der Waals surface area contributed by atoms with Crippen LogP contribution in [0.4, 0.5) is 5.69 Å². The summed E-state index contributed by atoms with van der Waals surface area (Å²) in [6, 6.07) is 2.93. The minimum absolute atomic E-state index is 0.0476. The van der Waals surface area contributed by atoms with Crippen LogP contribution in [-0.4, -0.2) is 12.0 Å². The standard InChI is InChI=1S/C7H6INO3S/c1-12-5-3-2-4(9(10)11)6(8)7(5)13/h2-3,13H,1H3. The number of thiol groups is 1. The van der Waals surface area contributed by atoms with Crippen molar-refractivity contribution >= 4 is 40.9 Å². The molecule has 1 rings (SSSR count). The van der Waals surface area contributed by atoms with Crippen molar-refractivity contribution in [2.75, 3.05) is 7.11 Å². The van der Waals surface area contributed by atoms with Crippen LogP contribution >= 0.6 is 35.2 Å². The molecule has 0 heterocycles. The number of ether oxygens (including phenoxy) is 1. The summed E-state index contributed by atoms with van der Waals surface area (Å²) in [5.41, 5.74) is 0.0476. The van der Waals surface area contributed by atoms with Gasteiger partial charge in [0.2, 0.25) is 0 Å². The second-order valence-corrected chi connectivity index (χ2v) is 3.73. The van der Waals surface area contributed by atoms with E-state index in [4.69, 9.17) is 4.74 Å². The predicted octanol–water partition coefficient (Wildman–Crippen LogP) is 2.50. The van der Waals surface area contributed by atoms with Crippen LogP contribution in [0.2, 0.25) is 0 Å². The van der Waals surface area contributed by atoms with E-state index < -0.39 is 4.92 Å². The van der Waals surface area contributed by atoms with Crippen LogP contribution in [0, 0.1) is 13.7 Å². The normalized spacial score (nSPS) is 9.77. The van der Waals surface area contributed by atoms with Gasteiger partial charge in [0.05, 0.1) is 16.9 Å². The van der Waals surface area contributed by atoms with Crippen LogP contribution in [0.3, 0.4) is 0 Å². The molecule has 0 aliphatic heterocycles. The highest BCUT2D eigenvalue weighted by Crippen LogP contribution is 2.33. The molecule has 6 heteroatoms. The van der Waals surface area contributed by atoms with E-state index in [9.17, 15) is 10.1 Å². The third kappa shape index (κ3) is 2.05. The molecule has 0 amide bonds. The van der Waals surface area contributed by atoms with Gasteiger partial charge < -0.3 is 4.74 Å². The quantitative estimate of drug-likeness (QED) is 0.395. The van der Waals surface area contributed by atoms with Gasteiger partial charge in [-0.15, -0.1) is 12.6 Å². The number of halogens is 1. The van der Waals surface area contributed by atoms with E-state index in [2.05, 4.69) is 12.6 Å². The van der Waals surface area contributed by atoms with Crippen molar-refractivity contribution in [3.05, 3.63) is 25.8 Å². The Balaban J connectivity index is 3.31. The number of nitro groups is 1. The van der Waals surface area contributed by atoms with Gasteiger partial charge in [0, 0.05) is 6.07 Å². The molecule has 0 radical (unpaired) electrons. The fourth-order valence-corrected chi connectivity index (χ4v) is 1.76. The zero-order valence-corrected chi connectivity index (χ0v) is 9.70. The van der Waals surface area contributed by atoms with Crippen LogP contribution in [0.15, 0.2) is 17.0 Å². The zero-order valence-electron chi connectivity index (χ0n) is 6.65. The van der Waals surface area contributed by atoms with Crippen molar-refractivity contribution in [1.82, 2.24) is 0 Å². The van der Waals surface area contributed by atoms with Gasteiger partial charge in [-0.05, 0) is 28.7 Å². The summed E-state index contributed by atoms with van der Waals surface area (Å²) in [6.07, 6.45) is 0. The Bertz CT molecular complexity index is 356. The molecule has 0 N–H and O–H groups in total. The summed E-state index contributed by atoms with van der Waals surface area (Å²) in [4.78, 5) is 10.6. The molecule has 13 heavy (non-hydrogen) atoms. The number of hydrogen-bond acceptors (Lipinski definition) is 4. The number of benzene rings is 1. The maximum Gasteiger partial charge on any atom is 0.284 e. The summed E-state index contributed by atoms with van der Waals surface area (Å²) in [6.45, 7) is 0. The van der Waals surface area contributed by atoms with Gasteiger partial charge >= 0.3 is 0 Å². The van der Waals surface area contributed by atoms with Crippen molar-refractivity contribution in [3.63, 3.8) is 0 Å². The van der Waals surface area contributed by atoms with E-state index in [-0.39, 0.29) is 5.69 Å². The molecule has 0 spiro atoms. The van der Waals surface area contributed by atoms with Crippen molar-refractivity contribution in [3.8, 4) is 5.75 Å².